The van der Waals surface area contributed by atoms with E-state index in [-0.39, 0.29) is 11.9 Å². The van der Waals surface area contributed by atoms with E-state index in [4.69, 9.17) is 4.74 Å². The summed E-state index contributed by atoms with van der Waals surface area (Å²) in [4.78, 5) is 0. The molecule has 2 nitrogen and oxygen atoms in total. The molecule has 0 saturated carbocycles. The van der Waals surface area contributed by atoms with Crippen molar-refractivity contribution in [2.45, 2.75) is 32.7 Å². The van der Waals surface area contributed by atoms with E-state index >= 15 is 0 Å². The van der Waals surface area contributed by atoms with Crippen molar-refractivity contribution < 1.29 is 9.13 Å². The highest BCUT2D eigenvalue weighted by molar-refractivity contribution is 5.36. The number of hydrogen-bond donors (Lipinski definition) is 1. The molecule has 1 N–H and O–H groups in total. The highest BCUT2D eigenvalue weighted by Crippen LogP contribution is 2.26. The minimum absolute atomic E-state index is 0.0834. The molecule has 0 aliphatic carbocycles. The van der Waals surface area contributed by atoms with Gasteiger partial charge in [-0.05, 0) is 44.5 Å². The van der Waals surface area contributed by atoms with E-state index in [1.54, 1.807) is 6.07 Å². The van der Waals surface area contributed by atoms with E-state index in [0.717, 1.165) is 30.7 Å². The van der Waals surface area contributed by atoms with Crippen molar-refractivity contribution in [3.8, 4) is 5.75 Å². The molecule has 1 aromatic carbocycles. The van der Waals surface area contributed by atoms with Gasteiger partial charge in [-0.1, -0.05) is 13.0 Å². The average molecular weight is 251 g/mol. The third-order valence-electron chi connectivity index (χ3n) is 2.76. The lowest BCUT2D eigenvalue weighted by Gasteiger charge is -2.17. The lowest BCUT2D eigenvalue weighted by atomic mass is 10.1. The monoisotopic (exact) mass is 251 g/mol. The molecule has 100 valence electrons. The predicted molar refractivity (Wildman–Crippen MR) is 73.4 cm³/mol. The molecule has 0 aliphatic rings. The van der Waals surface area contributed by atoms with Gasteiger partial charge in [-0.2, -0.15) is 0 Å². The summed E-state index contributed by atoms with van der Waals surface area (Å²) in [6.07, 6.45) is 3.73. The number of halogens is 1. The number of benzene rings is 1. The maximum absolute atomic E-state index is 13.3. The van der Waals surface area contributed by atoms with Crippen molar-refractivity contribution >= 4 is 0 Å². The largest absolute Gasteiger partial charge is 0.493 e. The molecular weight excluding hydrogens is 229 g/mol. The third-order valence-corrected chi connectivity index (χ3v) is 2.76. The number of ether oxygens (including phenoxy) is 1. The van der Waals surface area contributed by atoms with E-state index in [9.17, 15) is 4.39 Å². The van der Waals surface area contributed by atoms with E-state index in [2.05, 4.69) is 11.9 Å². The molecule has 0 aliphatic heterocycles. The molecule has 0 saturated heterocycles. The lowest BCUT2D eigenvalue weighted by Crippen LogP contribution is -2.18. The van der Waals surface area contributed by atoms with E-state index in [0.29, 0.717) is 6.61 Å². The number of unbranched alkanes of at least 4 members (excludes halogenated alkanes) is 1. The summed E-state index contributed by atoms with van der Waals surface area (Å²) < 4.78 is 19.0. The van der Waals surface area contributed by atoms with Gasteiger partial charge < -0.3 is 10.1 Å². The Morgan fingerprint density at radius 2 is 2.28 bits per heavy atom. The van der Waals surface area contributed by atoms with Gasteiger partial charge in [0.2, 0.25) is 0 Å². The van der Waals surface area contributed by atoms with Gasteiger partial charge in [0.25, 0.3) is 0 Å². The molecule has 0 fully saturated rings. The number of hydrogen-bond acceptors (Lipinski definition) is 2. The summed E-state index contributed by atoms with van der Waals surface area (Å²) in [5.41, 5.74) is 0.871. The van der Waals surface area contributed by atoms with Crippen molar-refractivity contribution in [3.05, 3.63) is 42.2 Å². The molecule has 0 amide bonds. The van der Waals surface area contributed by atoms with Gasteiger partial charge in [0.1, 0.15) is 11.6 Å². The fourth-order valence-corrected chi connectivity index (χ4v) is 1.82. The molecular formula is C15H22FNO. The van der Waals surface area contributed by atoms with Crippen molar-refractivity contribution in [1.82, 2.24) is 5.32 Å². The van der Waals surface area contributed by atoms with Gasteiger partial charge in [-0.25, -0.2) is 4.39 Å². The van der Waals surface area contributed by atoms with Gasteiger partial charge in [0, 0.05) is 11.6 Å². The van der Waals surface area contributed by atoms with Crippen LogP contribution in [0.2, 0.25) is 0 Å². The number of nitrogens with one attached hydrogen (secondary N) is 1. The van der Waals surface area contributed by atoms with Gasteiger partial charge >= 0.3 is 0 Å². The Morgan fingerprint density at radius 3 is 2.94 bits per heavy atom. The first-order valence-electron chi connectivity index (χ1n) is 6.45. The van der Waals surface area contributed by atoms with E-state index in [1.165, 1.54) is 12.1 Å². The Morgan fingerprint density at radius 1 is 1.50 bits per heavy atom. The topological polar surface area (TPSA) is 21.3 Å². The summed E-state index contributed by atoms with van der Waals surface area (Å²) in [7, 11) is 0. The van der Waals surface area contributed by atoms with Crippen LogP contribution < -0.4 is 10.1 Å². The average Bonchev–Trinajstić information content (AvgIpc) is 2.36. The Hall–Kier alpha value is -1.35. The van der Waals surface area contributed by atoms with Crippen LogP contribution in [0.1, 0.15) is 38.3 Å². The molecule has 1 atom stereocenters. The standard InChI is InChI=1S/C15H22FNO/c1-4-6-7-10-18-15-9-8-13(16)11-14(15)12(3)17-5-2/h4,8-9,11-12,17H,1,5-7,10H2,2-3H3. The zero-order valence-corrected chi connectivity index (χ0v) is 11.2. The quantitative estimate of drug-likeness (QED) is 0.560. The first-order valence-corrected chi connectivity index (χ1v) is 6.45. The van der Waals surface area contributed by atoms with Gasteiger partial charge in [-0.3, -0.25) is 0 Å². The van der Waals surface area contributed by atoms with Crippen molar-refractivity contribution in [2.24, 2.45) is 0 Å². The van der Waals surface area contributed by atoms with Crippen molar-refractivity contribution in [3.63, 3.8) is 0 Å². The second-order valence-electron chi connectivity index (χ2n) is 4.24. The van der Waals surface area contributed by atoms with Crippen LogP contribution in [0.4, 0.5) is 4.39 Å². The van der Waals surface area contributed by atoms with Gasteiger partial charge in [-0.15, -0.1) is 6.58 Å². The molecule has 1 unspecified atom stereocenters. The normalized spacial score (nSPS) is 12.2. The zero-order chi connectivity index (χ0) is 13.4. The molecule has 0 radical (unpaired) electrons. The first-order chi connectivity index (χ1) is 8.69. The minimum Gasteiger partial charge on any atom is -0.493 e. The maximum atomic E-state index is 13.3. The van der Waals surface area contributed by atoms with Crippen LogP contribution in [-0.2, 0) is 0 Å². The summed E-state index contributed by atoms with van der Waals surface area (Å²) in [6, 6.07) is 4.76. The smallest absolute Gasteiger partial charge is 0.124 e. The van der Waals surface area contributed by atoms with Crippen LogP contribution in [0.5, 0.6) is 5.75 Å². The van der Waals surface area contributed by atoms with Crippen LogP contribution >= 0.6 is 0 Å². The zero-order valence-electron chi connectivity index (χ0n) is 11.2. The Labute approximate surface area is 109 Å². The molecule has 0 aromatic heterocycles. The van der Waals surface area contributed by atoms with Gasteiger partial charge in [0.15, 0.2) is 0 Å². The fourth-order valence-electron chi connectivity index (χ4n) is 1.82. The van der Waals surface area contributed by atoms with Crippen LogP contribution in [0.3, 0.4) is 0 Å². The molecule has 1 rings (SSSR count). The summed E-state index contributed by atoms with van der Waals surface area (Å²) in [6.45, 7) is 9.18. The van der Waals surface area contributed by atoms with E-state index in [1.807, 2.05) is 19.9 Å². The summed E-state index contributed by atoms with van der Waals surface area (Å²) in [5, 5.41) is 3.27. The second-order valence-corrected chi connectivity index (χ2v) is 4.24. The van der Waals surface area contributed by atoms with Crippen molar-refractivity contribution in [1.29, 1.82) is 0 Å². The highest BCUT2D eigenvalue weighted by atomic mass is 19.1. The lowest BCUT2D eigenvalue weighted by molar-refractivity contribution is 0.305. The Balaban J connectivity index is 2.72. The van der Waals surface area contributed by atoms with Gasteiger partial charge in [0.05, 0.1) is 6.61 Å². The fraction of sp³-hybridized carbons (Fsp3) is 0.467. The molecule has 0 heterocycles. The second kappa shape index (κ2) is 7.88. The van der Waals surface area contributed by atoms with Crippen LogP contribution in [-0.4, -0.2) is 13.2 Å². The number of allylic oxidation sites excluding steroid dienone is 1. The van der Waals surface area contributed by atoms with Crippen LogP contribution in [0.25, 0.3) is 0 Å². The molecule has 18 heavy (non-hydrogen) atoms. The summed E-state index contributed by atoms with van der Waals surface area (Å²) >= 11 is 0. The summed E-state index contributed by atoms with van der Waals surface area (Å²) in [5.74, 6) is 0.530. The molecule has 0 bridgehead atoms. The third kappa shape index (κ3) is 4.49. The first kappa shape index (κ1) is 14.7. The van der Waals surface area contributed by atoms with Crippen LogP contribution in [0.15, 0.2) is 30.9 Å². The molecule has 1 aromatic rings. The highest BCUT2D eigenvalue weighted by Gasteiger charge is 2.11. The number of rotatable bonds is 8. The van der Waals surface area contributed by atoms with E-state index < -0.39 is 0 Å². The minimum atomic E-state index is -0.229. The Kier molecular flexibility index (Phi) is 6.44. The molecule has 3 heteroatoms. The van der Waals surface area contributed by atoms with Crippen molar-refractivity contribution in [2.75, 3.05) is 13.2 Å². The molecule has 0 spiro atoms. The maximum Gasteiger partial charge on any atom is 0.124 e. The Bertz CT molecular complexity index is 379. The SMILES string of the molecule is C=CCCCOc1ccc(F)cc1C(C)NCC. The predicted octanol–water partition coefficient (Wildman–Crippen LogP) is 3.84. The van der Waals surface area contributed by atoms with Crippen LogP contribution in [0, 0.1) is 5.82 Å².